The first kappa shape index (κ1) is 10.3. The lowest BCUT2D eigenvalue weighted by molar-refractivity contribution is 0.940. The van der Waals surface area contributed by atoms with Gasteiger partial charge in [0.1, 0.15) is 0 Å². The standard InChI is InChI=1S/C12H11BrN2/c13-12(11-3-7-15-8-4-11)9-10-1-5-14-6-2-10/h1-8,12H,9H2. The summed E-state index contributed by atoms with van der Waals surface area (Å²) in [6, 6.07) is 8.13. The molecule has 0 saturated heterocycles. The van der Waals surface area contributed by atoms with E-state index in [1.165, 1.54) is 11.1 Å². The van der Waals surface area contributed by atoms with E-state index < -0.39 is 0 Å². The predicted molar refractivity (Wildman–Crippen MR) is 63.8 cm³/mol. The van der Waals surface area contributed by atoms with Crippen LogP contribution in [0.1, 0.15) is 16.0 Å². The van der Waals surface area contributed by atoms with Crippen molar-refractivity contribution in [3.8, 4) is 0 Å². The van der Waals surface area contributed by atoms with Gasteiger partial charge in [0.05, 0.1) is 0 Å². The third kappa shape index (κ3) is 2.86. The monoisotopic (exact) mass is 262 g/mol. The largest absolute Gasteiger partial charge is 0.265 e. The highest BCUT2D eigenvalue weighted by atomic mass is 79.9. The predicted octanol–water partition coefficient (Wildman–Crippen LogP) is 3.16. The molecule has 2 heterocycles. The van der Waals surface area contributed by atoms with Crippen LogP contribution in [-0.2, 0) is 6.42 Å². The molecule has 0 aliphatic heterocycles. The molecule has 3 heteroatoms. The van der Waals surface area contributed by atoms with Gasteiger partial charge < -0.3 is 0 Å². The summed E-state index contributed by atoms with van der Waals surface area (Å²) in [4.78, 5) is 8.34. The van der Waals surface area contributed by atoms with Crippen LogP contribution >= 0.6 is 15.9 Å². The second-order valence-electron chi connectivity index (χ2n) is 3.31. The maximum absolute atomic E-state index is 4.00. The Kier molecular flexibility index (Phi) is 3.45. The Morgan fingerprint density at radius 2 is 1.47 bits per heavy atom. The summed E-state index contributed by atoms with van der Waals surface area (Å²) in [5.41, 5.74) is 2.53. The summed E-state index contributed by atoms with van der Waals surface area (Å²) in [7, 11) is 0. The third-order valence-electron chi connectivity index (χ3n) is 2.23. The number of halogens is 1. The van der Waals surface area contributed by atoms with Crippen molar-refractivity contribution in [3.05, 3.63) is 60.2 Å². The molecule has 0 fully saturated rings. The van der Waals surface area contributed by atoms with E-state index in [-0.39, 0.29) is 0 Å². The van der Waals surface area contributed by atoms with Gasteiger partial charge in [-0.25, -0.2) is 0 Å². The van der Waals surface area contributed by atoms with Gasteiger partial charge in [-0.1, -0.05) is 15.9 Å². The molecule has 2 rings (SSSR count). The smallest absolute Gasteiger partial charge is 0.0436 e. The van der Waals surface area contributed by atoms with Crippen molar-refractivity contribution < 1.29 is 0 Å². The Bertz CT molecular complexity index is 402. The van der Waals surface area contributed by atoms with Gasteiger partial charge in [0.25, 0.3) is 0 Å². The van der Waals surface area contributed by atoms with Crippen molar-refractivity contribution in [2.75, 3.05) is 0 Å². The summed E-state index contributed by atoms with van der Waals surface area (Å²) in [6.45, 7) is 0. The maximum atomic E-state index is 4.00. The van der Waals surface area contributed by atoms with Crippen LogP contribution in [0, 0.1) is 0 Å². The minimum atomic E-state index is 0.336. The topological polar surface area (TPSA) is 25.8 Å². The molecule has 76 valence electrons. The lowest BCUT2D eigenvalue weighted by atomic mass is 10.1. The number of aromatic nitrogens is 2. The Morgan fingerprint density at radius 3 is 2.07 bits per heavy atom. The van der Waals surface area contributed by atoms with E-state index in [0.717, 1.165) is 6.42 Å². The molecule has 0 aliphatic carbocycles. The first-order chi connectivity index (χ1) is 7.36. The summed E-state index contributed by atoms with van der Waals surface area (Å²) in [5, 5.41) is 0. The van der Waals surface area contributed by atoms with Crippen LogP contribution in [0.15, 0.2) is 49.1 Å². The number of hydrogen-bond acceptors (Lipinski definition) is 2. The fraction of sp³-hybridized carbons (Fsp3) is 0.167. The van der Waals surface area contributed by atoms with Crippen LogP contribution in [0.4, 0.5) is 0 Å². The van der Waals surface area contributed by atoms with Crippen LogP contribution in [0.25, 0.3) is 0 Å². The molecule has 0 aliphatic rings. The SMILES string of the molecule is BrC(Cc1ccncc1)c1ccncc1. The highest BCUT2D eigenvalue weighted by Crippen LogP contribution is 2.25. The molecule has 0 aromatic carbocycles. The highest BCUT2D eigenvalue weighted by Gasteiger charge is 2.07. The highest BCUT2D eigenvalue weighted by molar-refractivity contribution is 9.09. The Hall–Kier alpha value is -1.22. The minimum Gasteiger partial charge on any atom is -0.265 e. The Labute approximate surface area is 97.5 Å². The van der Waals surface area contributed by atoms with Crippen LogP contribution in [-0.4, -0.2) is 9.97 Å². The van der Waals surface area contributed by atoms with Crippen LogP contribution in [0.3, 0.4) is 0 Å². The van der Waals surface area contributed by atoms with Gasteiger partial charge >= 0.3 is 0 Å². The molecule has 2 aromatic rings. The molecule has 2 aromatic heterocycles. The van der Waals surface area contributed by atoms with Crippen molar-refractivity contribution in [2.24, 2.45) is 0 Å². The molecular weight excluding hydrogens is 252 g/mol. The second-order valence-corrected chi connectivity index (χ2v) is 4.41. The molecule has 0 N–H and O–H groups in total. The Morgan fingerprint density at radius 1 is 0.933 bits per heavy atom. The molecule has 15 heavy (non-hydrogen) atoms. The van der Waals surface area contributed by atoms with Crippen molar-refractivity contribution in [1.82, 2.24) is 9.97 Å². The van der Waals surface area contributed by atoms with E-state index in [9.17, 15) is 0 Å². The quantitative estimate of drug-likeness (QED) is 0.795. The number of alkyl halides is 1. The average Bonchev–Trinajstić information content (AvgIpc) is 2.31. The zero-order valence-electron chi connectivity index (χ0n) is 8.18. The number of hydrogen-bond donors (Lipinski definition) is 0. The van der Waals surface area contributed by atoms with E-state index >= 15 is 0 Å². The number of rotatable bonds is 3. The summed E-state index contributed by atoms with van der Waals surface area (Å²) in [5.74, 6) is 0. The summed E-state index contributed by atoms with van der Waals surface area (Å²) >= 11 is 3.67. The molecule has 0 spiro atoms. The van der Waals surface area contributed by atoms with Gasteiger partial charge in [-0.15, -0.1) is 0 Å². The van der Waals surface area contributed by atoms with E-state index in [2.05, 4.69) is 25.9 Å². The van der Waals surface area contributed by atoms with Gasteiger partial charge in [-0.3, -0.25) is 9.97 Å². The van der Waals surface area contributed by atoms with Gasteiger partial charge in [0, 0.05) is 29.6 Å². The summed E-state index contributed by atoms with van der Waals surface area (Å²) in [6.07, 6.45) is 8.24. The van der Waals surface area contributed by atoms with E-state index in [1.54, 1.807) is 0 Å². The van der Waals surface area contributed by atoms with Crippen LogP contribution in [0.5, 0.6) is 0 Å². The van der Waals surface area contributed by atoms with Crippen molar-refractivity contribution in [2.45, 2.75) is 11.2 Å². The van der Waals surface area contributed by atoms with Gasteiger partial charge in [-0.05, 0) is 41.8 Å². The first-order valence-electron chi connectivity index (χ1n) is 4.79. The molecule has 2 nitrogen and oxygen atoms in total. The third-order valence-corrected chi connectivity index (χ3v) is 3.08. The lowest BCUT2D eigenvalue weighted by Gasteiger charge is -2.09. The van der Waals surface area contributed by atoms with Crippen molar-refractivity contribution >= 4 is 15.9 Å². The normalized spacial score (nSPS) is 12.3. The van der Waals surface area contributed by atoms with Gasteiger partial charge in [-0.2, -0.15) is 0 Å². The first-order valence-corrected chi connectivity index (χ1v) is 5.71. The zero-order valence-corrected chi connectivity index (χ0v) is 9.76. The summed E-state index contributed by atoms with van der Waals surface area (Å²) < 4.78 is 0. The van der Waals surface area contributed by atoms with Gasteiger partial charge in [0.2, 0.25) is 0 Å². The number of pyridine rings is 2. The molecule has 0 amide bonds. The van der Waals surface area contributed by atoms with Crippen molar-refractivity contribution in [3.63, 3.8) is 0 Å². The molecule has 0 radical (unpaired) electrons. The molecule has 0 bridgehead atoms. The average molecular weight is 263 g/mol. The fourth-order valence-corrected chi connectivity index (χ4v) is 2.09. The Balaban J connectivity index is 2.08. The molecular formula is C12H11BrN2. The fourth-order valence-electron chi connectivity index (χ4n) is 1.42. The number of nitrogens with zero attached hydrogens (tertiary/aromatic N) is 2. The molecule has 1 atom stereocenters. The zero-order chi connectivity index (χ0) is 10.5. The molecule has 0 saturated carbocycles. The maximum Gasteiger partial charge on any atom is 0.0436 e. The molecule has 1 unspecified atom stereocenters. The van der Waals surface area contributed by atoms with Crippen LogP contribution in [0.2, 0.25) is 0 Å². The van der Waals surface area contributed by atoms with E-state index in [4.69, 9.17) is 0 Å². The second kappa shape index (κ2) is 5.03. The lowest BCUT2D eigenvalue weighted by Crippen LogP contribution is -1.95. The van der Waals surface area contributed by atoms with E-state index in [1.807, 2.05) is 49.1 Å². The van der Waals surface area contributed by atoms with Crippen molar-refractivity contribution in [1.29, 1.82) is 0 Å². The van der Waals surface area contributed by atoms with Gasteiger partial charge in [0.15, 0.2) is 0 Å². The van der Waals surface area contributed by atoms with E-state index in [0.29, 0.717) is 4.83 Å². The van der Waals surface area contributed by atoms with Crippen LogP contribution < -0.4 is 0 Å². The minimum absolute atomic E-state index is 0.336.